The Morgan fingerprint density at radius 3 is 2.61 bits per heavy atom. The van der Waals surface area contributed by atoms with Gasteiger partial charge in [0, 0.05) is 23.4 Å². The molecule has 8 heteroatoms. The normalized spacial score (nSPS) is 10.6. The Morgan fingerprint density at radius 2 is 1.90 bits per heavy atom. The quantitative estimate of drug-likeness (QED) is 0.418. The molecule has 0 spiro atoms. The summed E-state index contributed by atoms with van der Waals surface area (Å²) in [7, 11) is 0. The number of aromatic nitrogens is 2. The van der Waals surface area contributed by atoms with E-state index in [-0.39, 0.29) is 18.2 Å². The predicted octanol–water partition coefficient (Wildman–Crippen LogP) is 4.53. The molecule has 0 radical (unpaired) electrons. The average Bonchev–Trinajstić information content (AvgIpc) is 3.17. The molecule has 0 bridgehead atoms. The molecule has 1 aromatic carbocycles. The van der Waals surface area contributed by atoms with Crippen LogP contribution >= 0.6 is 23.1 Å². The second kappa shape index (κ2) is 11.6. The van der Waals surface area contributed by atoms with E-state index in [1.54, 1.807) is 18.0 Å². The molecule has 3 rings (SSSR count). The molecule has 0 saturated carbocycles. The summed E-state index contributed by atoms with van der Waals surface area (Å²) in [5.74, 6) is 0.464. The number of hydrogen-bond donors (Lipinski definition) is 0. The van der Waals surface area contributed by atoms with Crippen molar-refractivity contribution in [2.45, 2.75) is 26.0 Å². The smallest absolute Gasteiger partial charge is 0.358 e. The molecular formula is C23H25N3O3S2. The van der Waals surface area contributed by atoms with Crippen molar-refractivity contribution in [3.63, 3.8) is 0 Å². The van der Waals surface area contributed by atoms with Crippen LogP contribution in [-0.4, -0.2) is 40.7 Å². The molecular weight excluding hydrogens is 430 g/mol. The van der Waals surface area contributed by atoms with E-state index in [1.165, 1.54) is 23.1 Å². The lowest BCUT2D eigenvalue weighted by Crippen LogP contribution is -2.34. The summed E-state index contributed by atoms with van der Waals surface area (Å²) >= 11 is 2.86. The van der Waals surface area contributed by atoms with Crippen LogP contribution in [0.25, 0.3) is 0 Å². The first-order valence-electron chi connectivity index (χ1n) is 10.0. The van der Waals surface area contributed by atoms with Crippen molar-refractivity contribution in [2.75, 3.05) is 23.8 Å². The fraction of sp³-hybridized carbons (Fsp3) is 0.304. The molecule has 3 aromatic rings. The molecule has 6 nitrogen and oxygen atoms in total. The van der Waals surface area contributed by atoms with Crippen molar-refractivity contribution >= 4 is 40.1 Å². The summed E-state index contributed by atoms with van der Waals surface area (Å²) in [4.78, 5) is 36.5. The Hall–Kier alpha value is -2.71. The van der Waals surface area contributed by atoms with Gasteiger partial charge in [-0.3, -0.25) is 14.7 Å². The minimum atomic E-state index is -0.456. The van der Waals surface area contributed by atoms with Gasteiger partial charge in [-0.05, 0) is 38.0 Å². The number of aryl methyl sites for hydroxylation is 1. The first kappa shape index (κ1) is 23.0. The highest BCUT2D eigenvalue weighted by molar-refractivity contribution is 7.99. The summed E-state index contributed by atoms with van der Waals surface area (Å²) < 4.78 is 5.10. The molecule has 2 heterocycles. The second-order valence-corrected chi connectivity index (χ2v) is 8.88. The highest BCUT2D eigenvalue weighted by atomic mass is 32.2. The largest absolute Gasteiger partial charge is 0.461 e. The van der Waals surface area contributed by atoms with Crippen molar-refractivity contribution < 1.29 is 14.3 Å². The van der Waals surface area contributed by atoms with Gasteiger partial charge in [-0.1, -0.05) is 36.4 Å². The Kier molecular flexibility index (Phi) is 8.61. The van der Waals surface area contributed by atoms with E-state index < -0.39 is 5.97 Å². The van der Waals surface area contributed by atoms with Crippen molar-refractivity contribution in [1.82, 2.24) is 9.97 Å². The van der Waals surface area contributed by atoms with Crippen LogP contribution in [-0.2, 0) is 21.7 Å². The van der Waals surface area contributed by atoms with Gasteiger partial charge in [0.15, 0.2) is 10.8 Å². The van der Waals surface area contributed by atoms with Gasteiger partial charge in [0.1, 0.15) is 0 Å². The molecule has 2 aromatic heterocycles. The first-order valence-corrected chi connectivity index (χ1v) is 12.0. The number of pyridine rings is 1. The molecule has 0 atom stereocenters. The van der Waals surface area contributed by atoms with Gasteiger partial charge in [0.2, 0.25) is 5.91 Å². The average molecular weight is 456 g/mol. The monoisotopic (exact) mass is 455 g/mol. The number of anilines is 1. The Balaban J connectivity index is 1.73. The maximum atomic E-state index is 13.1. The van der Waals surface area contributed by atoms with E-state index in [0.29, 0.717) is 29.6 Å². The second-order valence-electron chi connectivity index (χ2n) is 6.72. The van der Waals surface area contributed by atoms with Gasteiger partial charge in [0.25, 0.3) is 0 Å². The number of thiazole rings is 1. The third-order valence-electron chi connectivity index (χ3n) is 4.45. The Labute approximate surface area is 190 Å². The number of hydrogen-bond acceptors (Lipinski definition) is 7. The molecule has 31 heavy (non-hydrogen) atoms. The number of amides is 1. The lowest BCUT2D eigenvalue weighted by atomic mass is 10.1. The van der Waals surface area contributed by atoms with Crippen LogP contribution in [0.5, 0.6) is 0 Å². The zero-order chi connectivity index (χ0) is 22.1. The van der Waals surface area contributed by atoms with Crippen molar-refractivity contribution in [3.05, 3.63) is 76.6 Å². The van der Waals surface area contributed by atoms with E-state index in [1.807, 2.05) is 55.5 Å². The number of nitrogens with zero attached hydrogens (tertiary/aromatic N) is 3. The van der Waals surface area contributed by atoms with Gasteiger partial charge in [0.05, 0.1) is 18.1 Å². The molecule has 162 valence electrons. The molecule has 0 unspecified atom stereocenters. The predicted molar refractivity (Wildman–Crippen MR) is 126 cm³/mol. The highest BCUT2D eigenvalue weighted by Crippen LogP contribution is 2.27. The van der Waals surface area contributed by atoms with Gasteiger partial charge >= 0.3 is 5.97 Å². The number of carbonyl (C=O) groups is 2. The lowest BCUT2D eigenvalue weighted by molar-refractivity contribution is -0.116. The summed E-state index contributed by atoms with van der Waals surface area (Å²) in [6, 6.07) is 15.8. The molecule has 0 aliphatic carbocycles. The highest BCUT2D eigenvalue weighted by Gasteiger charge is 2.24. The van der Waals surface area contributed by atoms with Crippen LogP contribution in [0.2, 0.25) is 0 Å². The molecule has 0 saturated heterocycles. The zero-order valence-corrected chi connectivity index (χ0v) is 19.2. The Morgan fingerprint density at radius 1 is 1.13 bits per heavy atom. The maximum absolute atomic E-state index is 13.1. The number of carbonyl (C=O) groups excluding carboxylic acids is 2. The number of thioether (sulfide) groups is 1. The molecule has 1 amide bonds. The van der Waals surface area contributed by atoms with Crippen LogP contribution in [0, 0.1) is 6.92 Å². The molecule has 0 fully saturated rings. The number of esters is 1. The van der Waals surface area contributed by atoms with Gasteiger partial charge in [-0.25, -0.2) is 9.78 Å². The molecule has 0 aliphatic heterocycles. The van der Waals surface area contributed by atoms with Crippen molar-refractivity contribution in [2.24, 2.45) is 0 Å². The van der Waals surface area contributed by atoms with Crippen LogP contribution in [0.1, 0.15) is 33.5 Å². The number of benzene rings is 1. The topological polar surface area (TPSA) is 72.4 Å². The van der Waals surface area contributed by atoms with Crippen LogP contribution < -0.4 is 4.90 Å². The fourth-order valence-electron chi connectivity index (χ4n) is 2.90. The molecule has 0 N–H and O–H groups in total. The standard InChI is InChI=1S/C23H25N3O3S2/c1-3-29-22(28)21-17(2)31-23(25-21)26(14-12-18-9-5-4-6-10-18)20(27)16-30-15-19-11-7-8-13-24-19/h4-11,13H,3,12,14-16H2,1-2H3. The number of rotatable bonds is 10. The minimum Gasteiger partial charge on any atom is -0.461 e. The van der Waals surface area contributed by atoms with Gasteiger partial charge < -0.3 is 4.74 Å². The third-order valence-corrected chi connectivity index (χ3v) is 6.40. The first-order chi connectivity index (χ1) is 15.1. The van der Waals surface area contributed by atoms with Crippen LogP contribution in [0.3, 0.4) is 0 Å². The van der Waals surface area contributed by atoms with Gasteiger partial charge in [-0.15, -0.1) is 23.1 Å². The summed E-state index contributed by atoms with van der Waals surface area (Å²) in [5.41, 5.74) is 2.35. The van der Waals surface area contributed by atoms with Crippen LogP contribution in [0.4, 0.5) is 5.13 Å². The summed E-state index contributed by atoms with van der Waals surface area (Å²) in [5, 5.41) is 0.528. The number of ether oxygens (including phenoxy) is 1. The molecule has 0 aliphatic rings. The van der Waals surface area contributed by atoms with Crippen molar-refractivity contribution in [1.29, 1.82) is 0 Å². The Bertz CT molecular complexity index is 994. The van der Waals surface area contributed by atoms with Crippen molar-refractivity contribution in [3.8, 4) is 0 Å². The van der Waals surface area contributed by atoms with E-state index in [9.17, 15) is 9.59 Å². The van der Waals surface area contributed by atoms with E-state index >= 15 is 0 Å². The fourth-order valence-corrected chi connectivity index (χ4v) is 4.66. The lowest BCUT2D eigenvalue weighted by Gasteiger charge is -2.20. The van der Waals surface area contributed by atoms with Gasteiger partial charge in [-0.2, -0.15) is 0 Å². The summed E-state index contributed by atoms with van der Waals surface area (Å²) in [6.07, 6.45) is 2.45. The maximum Gasteiger partial charge on any atom is 0.358 e. The minimum absolute atomic E-state index is 0.0407. The van der Waals surface area contributed by atoms with Crippen LogP contribution in [0.15, 0.2) is 54.7 Å². The third kappa shape index (κ3) is 6.63. The van der Waals surface area contributed by atoms with E-state index in [2.05, 4.69) is 9.97 Å². The summed E-state index contributed by atoms with van der Waals surface area (Å²) in [6.45, 7) is 4.35. The SMILES string of the molecule is CCOC(=O)c1nc(N(CCc2ccccc2)C(=O)CSCc2ccccn2)sc1C. The zero-order valence-electron chi connectivity index (χ0n) is 17.6. The van der Waals surface area contributed by atoms with E-state index in [4.69, 9.17) is 4.74 Å². The van der Waals surface area contributed by atoms with E-state index in [0.717, 1.165) is 16.1 Å².